The Hall–Kier alpha value is -3.46. The molecule has 9 heteroatoms. The summed E-state index contributed by atoms with van der Waals surface area (Å²) in [6.45, 7) is 8.56. The van der Waals surface area contributed by atoms with Gasteiger partial charge in [0.15, 0.2) is 13.1 Å². The molecule has 1 atom stereocenters. The molecule has 0 saturated carbocycles. The van der Waals surface area contributed by atoms with Gasteiger partial charge in [0.1, 0.15) is 11.5 Å². The van der Waals surface area contributed by atoms with Gasteiger partial charge >= 0.3 is 0 Å². The van der Waals surface area contributed by atoms with E-state index in [-0.39, 0.29) is 18.4 Å². The quantitative estimate of drug-likeness (QED) is 0.521. The summed E-state index contributed by atoms with van der Waals surface area (Å²) in [7, 11) is 0. The van der Waals surface area contributed by atoms with Crippen molar-refractivity contribution in [1.29, 1.82) is 0 Å². The fourth-order valence-electron chi connectivity index (χ4n) is 3.08. The van der Waals surface area contributed by atoms with Crippen LogP contribution in [-0.2, 0) is 16.1 Å². The van der Waals surface area contributed by atoms with Crippen LogP contribution in [0.1, 0.15) is 31.3 Å². The first-order chi connectivity index (χ1) is 14.3. The number of likely N-dealkylation sites (N-methyl/N-ethyl adjacent to an activating group) is 1. The zero-order chi connectivity index (χ0) is 21.7. The van der Waals surface area contributed by atoms with Crippen molar-refractivity contribution in [3.05, 3.63) is 47.7 Å². The first-order valence-corrected chi connectivity index (χ1v) is 9.75. The zero-order valence-corrected chi connectivity index (χ0v) is 17.5. The van der Waals surface area contributed by atoms with Gasteiger partial charge in [-0.05, 0) is 51.1 Å². The summed E-state index contributed by atoms with van der Waals surface area (Å²) in [6, 6.07) is 8.83. The summed E-state index contributed by atoms with van der Waals surface area (Å²) in [5, 5.41) is 13.8. The highest BCUT2D eigenvalue weighted by atomic mass is 16.4. The van der Waals surface area contributed by atoms with Crippen molar-refractivity contribution in [3.63, 3.8) is 0 Å². The fourth-order valence-corrected chi connectivity index (χ4v) is 3.08. The van der Waals surface area contributed by atoms with E-state index in [1.165, 1.54) is 6.92 Å². The standard InChI is InChI=1S/C21H25N5O4/c1-5-26(11-19(28)23-17-8-6-16(7-9-17)22-15(4)27)12-20-24-25-21(30-20)18-10-13(2)29-14(18)3/h6-10H,5,11-12H2,1-4H3,(H,22,27)(H,23,28)/p+1. The molecule has 0 fully saturated rings. The third-order valence-corrected chi connectivity index (χ3v) is 4.54. The van der Waals surface area contributed by atoms with Gasteiger partial charge in [0.25, 0.3) is 17.7 Å². The third kappa shape index (κ3) is 5.54. The molecule has 0 aliphatic rings. The number of hydrogen-bond donors (Lipinski definition) is 3. The molecular formula is C21H26N5O4+. The van der Waals surface area contributed by atoms with Gasteiger partial charge in [0, 0.05) is 18.3 Å². The molecule has 0 radical (unpaired) electrons. The van der Waals surface area contributed by atoms with Gasteiger partial charge in [-0.2, -0.15) is 0 Å². The molecule has 158 valence electrons. The van der Waals surface area contributed by atoms with E-state index in [9.17, 15) is 9.59 Å². The predicted octanol–water partition coefficient (Wildman–Crippen LogP) is 1.95. The van der Waals surface area contributed by atoms with Crippen molar-refractivity contribution in [2.75, 3.05) is 23.7 Å². The second-order valence-electron chi connectivity index (χ2n) is 7.09. The number of aryl methyl sites for hydroxylation is 2. The van der Waals surface area contributed by atoms with Crippen molar-refractivity contribution in [2.45, 2.75) is 34.2 Å². The highest BCUT2D eigenvalue weighted by Gasteiger charge is 2.19. The number of anilines is 2. The molecule has 1 unspecified atom stereocenters. The van der Waals surface area contributed by atoms with Crippen LogP contribution in [0.4, 0.5) is 11.4 Å². The normalized spacial score (nSPS) is 11.9. The SMILES string of the molecule is CC[NH+](CC(=O)Nc1ccc(NC(C)=O)cc1)Cc1nnc(-c2cc(C)oc2C)o1. The highest BCUT2D eigenvalue weighted by Crippen LogP contribution is 2.25. The molecule has 0 spiro atoms. The number of nitrogens with zero attached hydrogens (tertiary/aromatic N) is 2. The van der Waals surface area contributed by atoms with Crippen LogP contribution in [0.3, 0.4) is 0 Å². The number of quaternary nitrogens is 1. The summed E-state index contributed by atoms with van der Waals surface area (Å²) in [5.41, 5.74) is 2.12. The van der Waals surface area contributed by atoms with Gasteiger partial charge < -0.3 is 24.4 Å². The van der Waals surface area contributed by atoms with Gasteiger partial charge in [-0.15, -0.1) is 10.2 Å². The number of aromatic nitrogens is 2. The number of hydrogen-bond acceptors (Lipinski definition) is 6. The molecule has 0 aliphatic heterocycles. The number of benzene rings is 1. The molecule has 3 N–H and O–H groups in total. The van der Waals surface area contributed by atoms with Gasteiger partial charge in [-0.3, -0.25) is 9.59 Å². The smallest absolute Gasteiger partial charge is 0.279 e. The number of carbonyl (C=O) groups is 2. The van der Waals surface area contributed by atoms with Gasteiger partial charge in [-0.25, -0.2) is 0 Å². The first-order valence-electron chi connectivity index (χ1n) is 9.75. The van der Waals surface area contributed by atoms with Gasteiger partial charge in [0.05, 0.1) is 12.1 Å². The Labute approximate surface area is 174 Å². The topological polar surface area (TPSA) is 115 Å². The summed E-state index contributed by atoms with van der Waals surface area (Å²) in [5.74, 6) is 2.12. The van der Waals surface area contributed by atoms with E-state index in [1.807, 2.05) is 26.8 Å². The lowest BCUT2D eigenvalue weighted by Crippen LogP contribution is -3.11. The Kier molecular flexibility index (Phi) is 6.63. The minimum Gasteiger partial charge on any atom is -0.466 e. The molecule has 0 saturated heterocycles. The monoisotopic (exact) mass is 412 g/mol. The zero-order valence-electron chi connectivity index (χ0n) is 17.5. The Morgan fingerprint density at radius 1 is 1.03 bits per heavy atom. The van der Waals surface area contributed by atoms with Crippen molar-refractivity contribution in [3.8, 4) is 11.5 Å². The van der Waals surface area contributed by atoms with E-state index in [4.69, 9.17) is 8.83 Å². The van der Waals surface area contributed by atoms with Crippen LogP contribution in [0.25, 0.3) is 11.5 Å². The van der Waals surface area contributed by atoms with Gasteiger partial charge in [-0.1, -0.05) is 0 Å². The summed E-state index contributed by atoms with van der Waals surface area (Å²) in [4.78, 5) is 24.5. The van der Waals surface area contributed by atoms with Crippen LogP contribution in [0.5, 0.6) is 0 Å². The van der Waals surface area contributed by atoms with E-state index >= 15 is 0 Å². The Morgan fingerprint density at radius 2 is 1.70 bits per heavy atom. The first kappa shape index (κ1) is 21.3. The minimum atomic E-state index is -0.142. The number of nitrogens with one attached hydrogen (secondary N) is 3. The predicted molar refractivity (Wildman–Crippen MR) is 111 cm³/mol. The average molecular weight is 412 g/mol. The maximum atomic E-state index is 12.4. The number of furan rings is 1. The molecule has 3 aromatic rings. The highest BCUT2D eigenvalue weighted by molar-refractivity contribution is 5.92. The van der Waals surface area contributed by atoms with Crippen molar-refractivity contribution >= 4 is 23.2 Å². The molecule has 2 aromatic heterocycles. The fraction of sp³-hybridized carbons (Fsp3) is 0.333. The van der Waals surface area contributed by atoms with Crippen molar-refractivity contribution in [2.24, 2.45) is 0 Å². The van der Waals surface area contributed by atoms with E-state index in [0.29, 0.717) is 29.7 Å². The summed E-state index contributed by atoms with van der Waals surface area (Å²) >= 11 is 0. The maximum absolute atomic E-state index is 12.4. The Morgan fingerprint density at radius 3 is 2.27 bits per heavy atom. The summed E-state index contributed by atoms with van der Waals surface area (Å²) < 4.78 is 11.3. The second-order valence-corrected chi connectivity index (χ2v) is 7.09. The van der Waals surface area contributed by atoms with Crippen LogP contribution in [0.2, 0.25) is 0 Å². The van der Waals surface area contributed by atoms with Crippen LogP contribution in [0.15, 0.2) is 39.2 Å². The van der Waals surface area contributed by atoms with E-state index in [2.05, 4.69) is 20.8 Å². The second kappa shape index (κ2) is 9.36. The number of amides is 2. The maximum Gasteiger partial charge on any atom is 0.279 e. The molecule has 9 nitrogen and oxygen atoms in total. The summed E-state index contributed by atoms with van der Waals surface area (Å²) in [6.07, 6.45) is 0. The molecular weight excluding hydrogens is 386 g/mol. The van der Waals surface area contributed by atoms with Crippen LogP contribution in [-0.4, -0.2) is 35.1 Å². The molecule has 0 aliphatic carbocycles. The van der Waals surface area contributed by atoms with E-state index in [1.54, 1.807) is 24.3 Å². The largest absolute Gasteiger partial charge is 0.466 e. The lowest BCUT2D eigenvalue weighted by atomic mass is 10.2. The van der Waals surface area contributed by atoms with Crippen LogP contribution < -0.4 is 15.5 Å². The molecule has 30 heavy (non-hydrogen) atoms. The van der Waals surface area contributed by atoms with Crippen molar-refractivity contribution < 1.29 is 23.3 Å². The third-order valence-electron chi connectivity index (χ3n) is 4.54. The Balaban J connectivity index is 1.57. The van der Waals surface area contributed by atoms with Crippen LogP contribution >= 0.6 is 0 Å². The van der Waals surface area contributed by atoms with E-state index < -0.39 is 0 Å². The van der Waals surface area contributed by atoms with Crippen molar-refractivity contribution in [1.82, 2.24) is 10.2 Å². The number of rotatable bonds is 8. The van der Waals surface area contributed by atoms with Gasteiger partial charge in [0.2, 0.25) is 5.91 Å². The molecule has 1 aromatic carbocycles. The lowest BCUT2D eigenvalue weighted by molar-refractivity contribution is -0.905. The molecule has 3 rings (SSSR count). The van der Waals surface area contributed by atoms with Crippen LogP contribution in [0, 0.1) is 13.8 Å². The lowest BCUT2D eigenvalue weighted by Gasteiger charge is -2.15. The number of carbonyl (C=O) groups excluding carboxylic acids is 2. The minimum absolute atomic E-state index is 0.125. The Bertz CT molecular complexity index is 1020. The molecule has 2 amide bonds. The average Bonchev–Trinajstić information content (AvgIpc) is 3.27. The van der Waals surface area contributed by atoms with E-state index in [0.717, 1.165) is 28.5 Å². The molecule has 2 heterocycles. The molecule has 0 bridgehead atoms.